The molecular weight excluding hydrogens is 336 g/mol. The Morgan fingerprint density at radius 1 is 0.815 bits per heavy atom. The zero-order valence-corrected chi connectivity index (χ0v) is 14.7. The highest BCUT2D eigenvalue weighted by Gasteiger charge is 2.25. The van der Waals surface area contributed by atoms with Gasteiger partial charge in [0.2, 0.25) is 0 Å². The number of fused-ring (bicyclic) bond motifs is 2. The zero-order chi connectivity index (χ0) is 18.4. The lowest BCUT2D eigenvalue weighted by atomic mass is 9.84. The van der Waals surface area contributed by atoms with E-state index in [1.807, 2.05) is 72.9 Å². The number of ketones is 1. The molecule has 1 N–H and O–H groups in total. The molecule has 27 heavy (non-hydrogen) atoms. The predicted molar refractivity (Wildman–Crippen MR) is 107 cm³/mol. The molecule has 1 aliphatic carbocycles. The molecule has 4 heteroatoms. The van der Waals surface area contributed by atoms with E-state index >= 15 is 0 Å². The van der Waals surface area contributed by atoms with Crippen molar-refractivity contribution in [1.82, 2.24) is 4.98 Å². The fraction of sp³-hybridized carbons (Fsp3) is 0.0435. The van der Waals surface area contributed by atoms with Crippen LogP contribution in [0.15, 0.2) is 72.9 Å². The molecule has 130 valence electrons. The van der Waals surface area contributed by atoms with Crippen molar-refractivity contribution in [2.24, 2.45) is 0 Å². The molecule has 5 rings (SSSR count). The van der Waals surface area contributed by atoms with Crippen LogP contribution in [-0.2, 0) is 0 Å². The highest BCUT2D eigenvalue weighted by molar-refractivity contribution is 6.26. The van der Waals surface area contributed by atoms with E-state index in [1.54, 1.807) is 7.11 Å². The lowest BCUT2D eigenvalue weighted by Crippen LogP contribution is -2.10. The summed E-state index contributed by atoms with van der Waals surface area (Å²) in [5, 5.41) is 5.25. The van der Waals surface area contributed by atoms with Crippen molar-refractivity contribution in [2.75, 3.05) is 12.4 Å². The van der Waals surface area contributed by atoms with Crippen LogP contribution in [0.4, 0.5) is 11.5 Å². The maximum atomic E-state index is 13.0. The molecule has 1 aliphatic rings. The summed E-state index contributed by atoms with van der Waals surface area (Å²) in [4.78, 5) is 17.6. The van der Waals surface area contributed by atoms with Gasteiger partial charge in [-0.15, -0.1) is 0 Å². The van der Waals surface area contributed by atoms with Crippen LogP contribution < -0.4 is 10.1 Å². The SMILES string of the molecule is COc1ccc(Nc2ncc3c4c(cccc24)C(=O)c2ccccc2-3)cc1. The Bertz CT molecular complexity index is 1200. The van der Waals surface area contributed by atoms with Gasteiger partial charge in [0.1, 0.15) is 11.6 Å². The third-order valence-corrected chi connectivity index (χ3v) is 4.97. The number of ether oxygens (including phenoxy) is 1. The summed E-state index contributed by atoms with van der Waals surface area (Å²) in [5.41, 5.74) is 4.30. The van der Waals surface area contributed by atoms with Crippen LogP contribution in [-0.4, -0.2) is 17.9 Å². The first-order chi connectivity index (χ1) is 13.3. The largest absolute Gasteiger partial charge is 0.497 e. The van der Waals surface area contributed by atoms with Crippen LogP contribution in [0, 0.1) is 0 Å². The normalized spacial score (nSPS) is 12.0. The van der Waals surface area contributed by atoms with Gasteiger partial charge >= 0.3 is 0 Å². The molecule has 0 spiro atoms. The molecule has 3 aromatic carbocycles. The van der Waals surface area contributed by atoms with Crippen LogP contribution in [0.2, 0.25) is 0 Å². The van der Waals surface area contributed by atoms with E-state index < -0.39 is 0 Å². The summed E-state index contributed by atoms with van der Waals surface area (Å²) >= 11 is 0. The number of benzene rings is 3. The lowest BCUT2D eigenvalue weighted by Gasteiger charge is -2.21. The number of nitrogens with zero attached hydrogens (tertiary/aromatic N) is 1. The molecule has 1 heterocycles. The Morgan fingerprint density at radius 3 is 2.33 bits per heavy atom. The minimum atomic E-state index is 0.0605. The van der Waals surface area contributed by atoms with Gasteiger partial charge in [-0.25, -0.2) is 4.98 Å². The van der Waals surface area contributed by atoms with Crippen molar-refractivity contribution in [1.29, 1.82) is 0 Å². The van der Waals surface area contributed by atoms with Gasteiger partial charge in [0, 0.05) is 39.3 Å². The molecule has 0 atom stereocenters. The Balaban J connectivity index is 1.69. The number of pyridine rings is 1. The molecule has 0 amide bonds. The fourth-order valence-corrected chi connectivity index (χ4v) is 3.67. The van der Waals surface area contributed by atoms with Crippen LogP contribution in [0.25, 0.3) is 21.9 Å². The van der Waals surface area contributed by atoms with Gasteiger partial charge in [-0.1, -0.05) is 42.5 Å². The van der Waals surface area contributed by atoms with E-state index in [0.717, 1.165) is 50.3 Å². The monoisotopic (exact) mass is 352 g/mol. The molecule has 0 radical (unpaired) electrons. The highest BCUT2D eigenvalue weighted by Crippen LogP contribution is 2.41. The minimum absolute atomic E-state index is 0.0605. The molecule has 1 aromatic heterocycles. The van der Waals surface area contributed by atoms with Crippen molar-refractivity contribution in [3.63, 3.8) is 0 Å². The van der Waals surface area contributed by atoms with Crippen LogP contribution >= 0.6 is 0 Å². The lowest BCUT2D eigenvalue weighted by molar-refractivity contribution is 0.104. The molecule has 0 unspecified atom stereocenters. The third-order valence-electron chi connectivity index (χ3n) is 4.97. The van der Waals surface area contributed by atoms with Crippen LogP contribution in [0.1, 0.15) is 15.9 Å². The molecule has 0 fully saturated rings. The van der Waals surface area contributed by atoms with Gasteiger partial charge < -0.3 is 10.1 Å². The molecule has 0 aliphatic heterocycles. The number of carbonyl (C=O) groups excluding carboxylic acids is 1. The van der Waals surface area contributed by atoms with Gasteiger partial charge in [0.05, 0.1) is 7.11 Å². The summed E-state index contributed by atoms with van der Waals surface area (Å²) in [7, 11) is 1.64. The van der Waals surface area contributed by atoms with E-state index in [4.69, 9.17) is 4.74 Å². The number of nitrogens with one attached hydrogen (secondary N) is 1. The number of hydrogen-bond donors (Lipinski definition) is 1. The average molecular weight is 352 g/mol. The van der Waals surface area contributed by atoms with Gasteiger partial charge in [-0.3, -0.25) is 4.79 Å². The number of methoxy groups -OCH3 is 1. The first-order valence-electron chi connectivity index (χ1n) is 8.73. The second kappa shape index (κ2) is 5.95. The van der Waals surface area contributed by atoms with E-state index in [2.05, 4.69) is 10.3 Å². The summed E-state index contributed by atoms with van der Waals surface area (Å²) in [5.74, 6) is 1.59. The Labute approximate surface area is 156 Å². The third kappa shape index (κ3) is 2.38. The van der Waals surface area contributed by atoms with Crippen molar-refractivity contribution < 1.29 is 9.53 Å². The zero-order valence-electron chi connectivity index (χ0n) is 14.7. The predicted octanol–water partition coefficient (Wildman–Crippen LogP) is 5.20. The summed E-state index contributed by atoms with van der Waals surface area (Å²) in [6.07, 6.45) is 1.85. The molecule has 4 aromatic rings. The first-order valence-corrected chi connectivity index (χ1v) is 8.73. The van der Waals surface area contributed by atoms with Gasteiger partial charge in [0.15, 0.2) is 5.78 Å². The summed E-state index contributed by atoms with van der Waals surface area (Å²) in [6, 6.07) is 21.2. The van der Waals surface area contributed by atoms with Crippen LogP contribution in [0.3, 0.4) is 0 Å². The number of anilines is 2. The van der Waals surface area contributed by atoms with Crippen molar-refractivity contribution in [3.8, 4) is 16.9 Å². The maximum Gasteiger partial charge on any atom is 0.194 e. The Hall–Kier alpha value is -3.66. The summed E-state index contributed by atoms with van der Waals surface area (Å²) in [6.45, 7) is 0. The highest BCUT2D eigenvalue weighted by atomic mass is 16.5. The van der Waals surface area contributed by atoms with E-state index in [0.29, 0.717) is 0 Å². The van der Waals surface area contributed by atoms with E-state index in [1.165, 1.54) is 0 Å². The van der Waals surface area contributed by atoms with Crippen LogP contribution in [0.5, 0.6) is 5.75 Å². The van der Waals surface area contributed by atoms with Crippen molar-refractivity contribution >= 4 is 28.1 Å². The van der Waals surface area contributed by atoms with Crippen molar-refractivity contribution in [3.05, 3.63) is 84.1 Å². The number of rotatable bonds is 3. The smallest absolute Gasteiger partial charge is 0.194 e. The number of aromatic nitrogens is 1. The van der Waals surface area contributed by atoms with Crippen molar-refractivity contribution in [2.45, 2.75) is 0 Å². The second-order valence-electron chi connectivity index (χ2n) is 6.48. The van der Waals surface area contributed by atoms with Gasteiger partial charge in [-0.05, 0) is 29.8 Å². The van der Waals surface area contributed by atoms with Gasteiger partial charge in [0.25, 0.3) is 0 Å². The molecule has 0 bridgehead atoms. The Morgan fingerprint density at radius 2 is 1.56 bits per heavy atom. The molecule has 4 nitrogen and oxygen atoms in total. The number of hydrogen-bond acceptors (Lipinski definition) is 4. The quantitative estimate of drug-likeness (QED) is 0.485. The number of carbonyl (C=O) groups is 1. The van der Waals surface area contributed by atoms with E-state index in [9.17, 15) is 4.79 Å². The minimum Gasteiger partial charge on any atom is -0.497 e. The topological polar surface area (TPSA) is 51.2 Å². The summed E-state index contributed by atoms with van der Waals surface area (Å²) < 4.78 is 5.21. The second-order valence-corrected chi connectivity index (χ2v) is 6.48. The standard InChI is InChI=1S/C23H16N2O2/c1-27-15-11-9-14(10-12-15)25-23-19-8-4-7-18-21(19)20(13-24-23)16-5-2-3-6-17(16)22(18)26/h2-13H,1H3,(H,24,25). The van der Waals surface area contributed by atoms with E-state index in [-0.39, 0.29) is 5.78 Å². The first kappa shape index (κ1) is 15.6. The molecule has 0 saturated carbocycles. The maximum absolute atomic E-state index is 13.0. The molecular formula is C23H16N2O2. The fourth-order valence-electron chi connectivity index (χ4n) is 3.67. The Kier molecular flexibility index (Phi) is 3.44. The average Bonchev–Trinajstić information content (AvgIpc) is 2.73. The molecule has 0 saturated heterocycles. The van der Waals surface area contributed by atoms with Gasteiger partial charge in [-0.2, -0.15) is 0 Å².